The first kappa shape index (κ1) is 15.4. The van der Waals surface area contributed by atoms with E-state index in [-0.39, 0.29) is 12.1 Å². The lowest BCUT2D eigenvalue weighted by Gasteiger charge is -2.11. The first-order valence-corrected chi connectivity index (χ1v) is 8.09. The van der Waals surface area contributed by atoms with Crippen molar-refractivity contribution in [2.45, 2.75) is 26.4 Å². The second-order valence-corrected chi connectivity index (χ2v) is 6.07. The first-order chi connectivity index (χ1) is 11.1. The van der Waals surface area contributed by atoms with Gasteiger partial charge < -0.3 is 19.5 Å². The Hall–Kier alpha value is -2.54. The maximum Gasteiger partial charge on any atom is 0.315 e. The number of hydrogen-bond acceptors (Lipinski definition) is 5. The Kier molecular flexibility index (Phi) is 4.47. The molecule has 3 rings (SSSR count). The van der Waals surface area contributed by atoms with Gasteiger partial charge in [0, 0.05) is 0 Å². The molecule has 6 nitrogen and oxygen atoms in total. The number of oxazole rings is 1. The van der Waals surface area contributed by atoms with Crippen molar-refractivity contribution in [2.75, 3.05) is 0 Å². The summed E-state index contributed by atoms with van der Waals surface area (Å²) in [6, 6.07) is 7.11. The Morgan fingerprint density at radius 3 is 2.96 bits per heavy atom. The molecule has 0 bridgehead atoms. The molecule has 0 aliphatic carbocycles. The molecule has 0 spiro atoms. The highest BCUT2D eigenvalue weighted by Gasteiger charge is 2.13. The second kappa shape index (κ2) is 6.70. The van der Waals surface area contributed by atoms with E-state index in [1.807, 2.05) is 43.5 Å². The highest BCUT2D eigenvalue weighted by Crippen LogP contribution is 2.23. The van der Waals surface area contributed by atoms with E-state index in [0.717, 1.165) is 16.4 Å². The minimum Gasteiger partial charge on any atom is -0.464 e. The minimum atomic E-state index is -0.285. The highest BCUT2D eigenvalue weighted by atomic mass is 32.1. The standard InChI is InChI=1S/C16H17N3O3S/c1-10-5-6-13(22-10)11(2)18-16(20)17-8-12-9-21-15(19-12)14-4-3-7-23-14/h3-7,9,11H,8H2,1-2H3,(H2,17,18,20). The van der Waals surface area contributed by atoms with Crippen LogP contribution >= 0.6 is 11.3 Å². The molecule has 23 heavy (non-hydrogen) atoms. The number of nitrogens with one attached hydrogen (secondary N) is 2. The van der Waals surface area contributed by atoms with Crippen LogP contribution in [0.1, 0.15) is 30.2 Å². The Labute approximate surface area is 137 Å². The van der Waals surface area contributed by atoms with Crippen molar-refractivity contribution < 1.29 is 13.6 Å². The van der Waals surface area contributed by atoms with Crippen LogP contribution in [-0.2, 0) is 6.54 Å². The number of hydrogen-bond donors (Lipinski definition) is 2. The average Bonchev–Trinajstić information content (AvgIpc) is 3.26. The molecule has 3 heterocycles. The van der Waals surface area contributed by atoms with Crippen molar-refractivity contribution in [3.63, 3.8) is 0 Å². The molecular formula is C16H17N3O3S. The van der Waals surface area contributed by atoms with Gasteiger partial charge in [-0.25, -0.2) is 9.78 Å². The van der Waals surface area contributed by atoms with Gasteiger partial charge in [0.15, 0.2) is 0 Å². The van der Waals surface area contributed by atoms with E-state index in [9.17, 15) is 4.79 Å². The Morgan fingerprint density at radius 2 is 2.26 bits per heavy atom. The largest absolute Gasteiger partial charge is 0.464 e. The molecular weight excluding hydrogens is 314 g/mol. The molecule has 2 N–H and O–H groups in total. The molecule has 0 aliphatic heterocycles. The lowest BCUT2D eigenvalue weighted by Crippen LogP contribution is -2.36. The third-order valence-electron chi connectivity index (χ3n) is 3.25. The van der Waals surface area contributed by atoms with Gasteiger partial charge in [0.1, 0.15) is 17.8 Å². The molecule has 7 heteroatoms. The van der Waals surface area contributed by atoms with Crippen molar-refractivity contribution in [1.29, 1.82) is 0 Å². The quantitative estimate of drug-likeness (QED) is 0.744. The Morgan fingerprint density at radius 1 is 1.39 bits per heavy atom. The van der Waals surface area contributed by atoms with E-state index < -0.39 is 0 Å². The van der Waals surface area contributed by atoms with Crippen molar-refractivity contribution >= 4 is 17.4 Å². The molecule has 1 atom stereocenters. The second-order valence-electron chi connectivity index (χ2n) is 5.12. The number of nitrogens with zero attached hydrogens (tertiary/aromatic N) is 1. The number of carbonyl (C=O) groups excluding carboxylic acids is 1. The molecule has 2 amide bonds. The summed E-state index contributed by atoms with van der Waals surface area (Å²) in [4.78, 5) is 17.2. The first-order valence-electron chi connectivity index (χ1n) is 7.21. The van der Waals surface area contributed by atoms with Gasteiger partial charge >= 0.3 is 6.03 Å². The van der Waals surface area contributed by atoms with Crippen molar-refractivity contribution in [3.8, 4) is 10.8 Å². The fourth-order valence-corrected chi connectivity index (χ4v) is 2.73. The molecule has 0 saturated carbocycles. The van der Waals surface area contributed by atoms with Crippen LogP contribution in [0.2, 0.25) is 0 Å². The maximum absolute atomic E-state index is 11.9. The molecule has 0 radical (unpaired) electrons. The van der Waals surface area contributed by atoms with Crippen LogP contribution in [0.25, 0.3) is 10.8 Å². The Balaban J connectivity index is 1.51. The van der Waals surface area contributed by atoms with Crippen LogP contribution < -0.4 is 10.6 Å². The smallest absolute Gasteiger partial charge is 0.315 e. The lowest BCUT2D eigenvalue weighted by atomic mass is 10.2. The van der Waals surface area contributed by atoms with E-state index in [2.05, 4.69) is 15.6 Å². The topological polar surface area (TPSA) is 80.3 Å². The van der Waals surface area contributed by atoms with E-state index in [1.165, 1.54) is 0 Å². The zero-order valence-electron chi connectivity index (χ0n) is 12.8. The zero-order valence-corrected chi connectivity index (χ0v) is 13.6. The molecule has 1 unspecified atom stereocenters. The van der Waals surface area contributed by atoms with Crippen LogP contribution in [0.5, 0.6) is 0 Å². The lowest BCUT2D eigenvalue weighted by molar-refractivity contribution is 0.235. The Bertz CT molecular complexity index is 776. The van der Waals surface area contributed by atoms with Gasteiger partial charge in [-0.1, -0.05) is 6.07 Å². The molecule has 120 valence electrons. The third-order valence-corrected chi connectivity index (χ3v) is 4.11. The zero-order chi connectivity index (χ0) is 16.2. The SMILES string of the molecule is Cc1ccc(C(C)NC(=O)NCc2coc(-c3cccs3)n2)o1. The number of aromatic nitrogens is 1. The summed E-state index contributed by atoms with van der Waals surface area (Å²) in [6.07, 6.45) is 1.55. The number of thiophene rings is 1. The molecule has 3 aromatic rings. The molecule has 0 saturated heterocycles. The van der Waals surface area contributed by atoms with Gasteiger partial charge in [-0.05, 0) is 37.4 Å². The number of amides is 2. The fourth-order valence-electron chi connectivity index (χ4n) is 2.08. The predicted molar refractivity (Wildman–Crippen MR) is 87.0 cm³/mol. The number of urea groups is 1. The van der Waals surface area contributed by atoms with E-state index in [0.29, 0.717) is 18.1 Å². The van der Waals surface area contributed by atoms with Gasteiger partial charge in [0.2, 0.25) is 5.89 Å². The van der Waals surface area contributed by atoms with Gasteiger partial charge in [-0.2, -0.15) is 0 Å². The number of furan rings is 1. The van der Waals surface area contributed by atoms with Gasteiger partial charge in [-0.15, -0.1) is 11.3 Å². The van der Waals surface area contributed by atoms with Gasteiger partial charge in [0.25, 0.3) is 0 Å². The summed E-state index contributed by atoms with van der Waals surface area (Å²) in [5, 5.41) is 7.53. The summed E-state index contributed by atoms with van der Waals surface area (Å²) in [5.41, 5.74) is 0.671. The number of rotatable bonds is 5. The number of carbonyl (C=O) groups is 1. The van der Waals surface area contributed by atoms with Gasteiger partial charge in [-0.3, -0.25) is 0 Å². The van der Waals surface area contributed by atoms with Crippen molar-refractivity contribution in [1.82, 2.24) is 15.6 Å². The predicted octanol–water partition coefficient (Wildman–Crippen LogP) is 3.86. The summed E-state index contributed by atoms with van der Waals surface area (Å²) in [7, 11) is 0. The van der Waals surface area contributed by atoms with E-state index in [4.69, 9.17) is 8.83 Å². The third kappa shape index (κ3) is 3.81. The average molecular weight is 331 g/mol. The van der Waals surface area contributed by atoms with Crippen LogP contribution in [0.4, 0.5) is 4.79 Å². The summed E-state index contributed by atoms with van der Waals surface area (Å²) in [6.45, 7) is 4.03. The van der Waals surface area contributed by atoms with Crippen LogP contribution in [0.3, 0.4) is 0 Å². The minimum absolute atomic E-state index is 0.206. The van der Waals surface area contributed by atoms with E-state index in [1.54, 1.807) is 17.6 Å². The molecule has 0 fully saturated rings. The summed E-state index contributed by atoms with van der Waals surface area (Å²) >= 11 is 1.56. The summed E-state index contributed by atoms with van der Waals surface area (Å²) < 4.78 is 10.9. The number of aryl methyl sites for hydroxylation is 1. The highest BCUT2D eigenvalue weighted by molar-refractivity contribution is 7.13. The van der Waals surface area contributed by atoms with E-state index >= 15 is 0 Å². The fraction of sp³-hybridized carbons (Fsp3) is 0.250. The summed E-state index contributed by atoms with van der Waals surface area (Å²) in [5.74, 6) is 2.11. The normalized spacial score (nSPS) is 12.1. The maximum atomic E-state index is 11.9. The van der Waals surface area contributed by atoms with Crippen LogP contribution in [0.15, 0.2) is 44.7 Å². The van der Waals surface area contributed by atoms with Crippen molar-refractivity contribution in [2.24, 2.45) is 0 Å². The molecule has 3 aromatic heterocycles. The van der Waals surface area contributed by atoms with Crippen molar-refractivity contribution in [3.05, 3.63) is 53.1 Å². The van der Waals surface area contributed by atoms with Crippen LogP contribution in [0, 0.1) is 6.92 Å². The molecule has 0 aromatic carbocycles. The monoisotopic (exact) mass is 331 g/mol. The van der Waals surface area contributed by atoms with Gasteiger partial charge in [0.05, 0.1) is 23.2 Å². The molecule has 0 aliphatic rings. The van der Waals surface area contributed by atoms with Crippen LogP contribution in [-0.4, -0.2) is 11.0 Å².